The summed E-state index contributed by atoms with van der Waals surface area (Å²) in [6, 6.07) is 5.09. The molecule has 0 saturated heterocycles. The molecule has 0 amide bonds. The van der Waals surface area contributed by atoms with Crippen LogP contribution in [0.15, 0.2) is 47.3 Å². The second kappa shape index (κ2) is 7.14. The first kappa shape index (κ1) is 17.6. The monoisotopic (exact) mass is 389 g/mol. The predicted molar refractivity (Wildman–Crippen MR) is 106 cm³/mol. The highest BCUT2D eigenvalue weighted by Gasteiger charge is 2.23. The summed E-state index contributed by atoms with van der Waals surface area (Å²) in [6.07, 6.45) is 7.47. The number of benzene rings is 1. The van der Waals surface area contributed by atoms with E-state index in [0.29, 0.717) is 43.1 Å². The number of nitrogens with one attached hydrogen (secondary N) is 1. The molecule has 5 rings (SSSR count). The molecule has 2 aliphatic heterocycles. The smallest absolute Gasteiger partial charge is 0.255 e. The van der Waals surface area contributed by atoms with Gasteiger partial charge in [-0.15, -0.1) is 0 Å². The number of hydrogen-bond acceptors (Lipinski definition) is 7. The highest BCUT2D eigenvalue weighted by molar-refractivity contribution is 5.64. The molecule has 146 valence electrons. The van der Waals surface area contributed by atoms with Crippen LogP contribution in [0, 0.1) is 0 Å². The standard InChI is InChI=1S/C21H19N5O3/c27-16-1-2-19-14(6-16)5-13(11-29-19)9-26-4-3-18-17(10-26)21(28)25-20(24-18)15-7-22-12-23-8-15/h1-2,5-8,12,27H,3-4,9-11H2,(H,24,25,28). The summed E-state index contributed by atoms with van der Waals surface area (Å²) in [6.45, 7) is 2.54. The Morgan fingerprint density at radius 1 is 1.24 bits per heavy atom. The molecule has 0 aliphatic carbocycles. The lowest BCUT2D eigenvalue weighted by Gasteiger charge is -2.29. The Bertz CT molecular complexity index is 1160. The minimum Gasteiger partial charge on any atom is -0.508 e. The number of hydrogen-bond donors (Lipinski definition) is 2. The summed E-state index contributed by atoms with van der Waals surface area (Å²) in [5.41, 5.74) is 4.08. The van der Waals surface area contributed by atoms with Gasteiger partial charge in [0.25, 0.3) is 5.56 Å². The van der Waals surface area contributed by atoms with Crippen LogP contribution in [-0.2, 0) is 13.0 Å². The van der Waals surface area contributed by atoms with Gasteiger partial charge in [-0.25, -0.2) is 15.0 Å². The SMILES string of the molecule is O=c1[nH]c(-c2cncnc2)nc2c1CN(CC1=Cc3cc(O)ccc3OC1)CC2. The molecular weight excluding hydrogens is 370 g/mol. The lowest BCUT2D eigenvalue weighted by Crippen LogP contribution is -2.37. The van der Waals surface area contributed by atoms with Gasteiger partial charge in [-0.1, -0.05) is 0 Å². The van der Waals surface area contributed by atoms with Crippen LogP contribution < -0.4 is 10.3 Å². The summed E-state index contributed by atoms with van der Waals surface area (Å²) in [5.74, 6) is 1.49. The lowest BCUT2D eigenvalue weighted by atomic mass is 10.0. The second-order valence-electron chi connectivity index (χ2n) is 7.24. The third-order valence-electron chi connectivity index (χ3n) is 5.17. The third kappa shape index (κ3) is 3.50. The zero-order valence-corrected chi connectivity index (χ0v) is 15.6. The van der Waals surface area contributed by atoms with E-state index in [0.717, 1.165) is 29.1 Å². The number of nitrogens with zero attached hydrogens (tertiary/aromatic N) is 4. The Morgan fingerprint density at radius 2 is 2.10 bits per heavy atom. The van der Waals surface area contributed by atoms with E-state index in [9.17, 15) is 9.90 Å². The van der Waals surface area contributed by atoms with Crippen molar-refractivity contribution in [3.05, 3.63) is 69.7 Å². The molecule has 0 atom stereocenters. The van der Waals surface area contributed by atoms with Crippen molar-refractivity contribution in [2.24, 2.45) is 0 Å². The molecule has 8 heteroatoms. The van der Waals surface area contributed by atoms with E-state index in [4.69, 9.17) is 4.74 Å². The van der Waals surface area contributed by atoms with Crippen molar-refractivity contribution < 1.29 is 9.84 Å². The normalized spacial score (nSPS) is 15.8. The molecular formula is C21H19N5O3. The minimum absolute atomic E-state index is 0.123. The van der Waals surface area contributed by atoms with Crippen LogP contribution in [-0.4, -0.2) is 49.6 Å². The Balaban J connectivity index is 1.36. The number of phenols is 1. The highest BCUT2D eigenvalue weighted by atomic mass is 16.5. The quantitative estimate of drug-likeness (QED) is 0.703. The molecule has 2 aromatic heterocycles. The van der Waals surface area contributed by atoms with Crippen molar-refractivity contribution in [3.8, 4) is 22.9 Å². The summed E-state index contributed by atoms with van der Waals surface area (Å²) in [7, 11) is 0. The van der Waals surface area contributed by atoms with Gasteiger partial charge >= 0.3 is 0 Å². The summed E-state index contributed by atoms with van der Waals surface area (Å²) < 4.78 is 5.79. The molecule has 1 aromatic carbocycles. The average molecular weight is 389 g/mol. The number of fused-ring (bicyclic) bond motifs is 2. The van der Waals surface area contributed by atoms with Crippen molar-refractivity contribution in [2.75, 3.05) is 19.7 Å². The zero-order chi connectivity index (χ0) is 19.8. The number of H-pyrrole nitrogens is 1. The van der Waals surface area contributed by atoms with Gasteiger partial charge in [-0.2, -0.15) is 0 Å². The number of phenolic OH excluding ortho intramolecular Hbond substituents is 1. The fourth-order valence-corrected chi connectivity index (χ4v) is 3.76. The van der Waals surface area contributed by atoms with Crippen LogP contribution >= 0.6 is 0 Å². The van der Waals surface area contributed by atoms with Crippen LogP contribution in [0.25, 0.3) is 17.5 Å². The highest BCUT2D eigenvalue weighted by Crippen LogP contribution is 2.30. The molecule has 0 radical (unpaired) electrons. The molecule has 2 aliphatic rings. The van der Waals surface area contributed by atoms with E-state index >= 15 is 0 Å². The van der Waals surface area contributed by atoms with E-state index in [1.807, 2.05) is 0 Å². The number of rotatable bonds is 3. The van der Waals surface area contributed by atoms with Crippen molar-refractivity contribution in [1.29, 1.82) is 0 Å². The first-order valence-corrected chi connectivity index (χ1v) is 9.41. The molecule has 0 spiro atoms. The number of ether oxygens (including phenoxy) is 1. The van der Waals surface area contributed by atoms with E-state index in [-0.39, 0.29) is 11.3 Å². The zero-order valence-electron chi connectivity index (χ0n) is 15.6. The predicted octanol–water partition coefficient (Wildman–Crippen LogP) is 1.77. The Hall–Kier alpha value is -3.52. The van der Waals surface area contributed by atoms with Gasteiger partial charge in [0.2, 0.25) is 0 Å². The molecule has 0 saturated carbocycles. The fraction of sp³-hybridized carbons (Fsp3) is 0.238. The summed E-state index contributed by atoms with van der Waals surface area (Å²) >= 11 is 0. The van der Waals surface area contributed by atoms with Gasteiger partial charge in [0, 0.05) is 44.0 Å². The number of aromatic hydroxyl groups is 1. The van der Waals surface area contributed by atoms with Gasteiger partial charge in [0.15, 0.2) is 0 Å². The second-order valence-corrected chi connectivity index (χ2v) is 7.24. The topological polar surface area (TPSA) is 104 Å². The molecule has 0 bridgehead atoms. The molecule has 0 fully saturated rings. The molecule has 2 N–H and O–H groups in total. The molecule has 0 unspecified atom stereocenters. The minimum atomic E-state index is -0.123. The van der Waals surface area contributed by atoms with Crippen molar-refractivity contribution in [1.82, 2.24) is 24.8 Å². The largest absolute Gasteiger partial charge is 0.508 e. The van der Waals surface area contributed by atoms with Gasteiger partial charge in [-0.3, -0.25) is 9.69 Å². The van der Waals surface area contributed by atoms with E-state index < -0.39 is 0 Å². The maximum Gasteiger partial charge on any atom is 0.255 e. The van der Waals surface area contributed by atoms with Crippen LogP contribution in [0.5, 0.6) is 11.5 Å². The Kier molecular flexibility index (Phi) is 4.33. The van der Waals surface area contributed by atoms with Gasteiger partial charge in [0.1, 0.15) is 30.3 Å². The average Bonchev–Trinajstić information content (AvgIpc) is 2.74. The summed E-state index contributed by atoms with van der Waals surface area (Å²) in [4.78, 5) is 30.3. The van der Waals surface area contributed by atoms with E-state index in [2.05, 4.69) is 30.9 Å². The fourth-order valence-electron chi connectivity index (χ4n) is 3.76. The van der Waals surface area contributed by atoms with Gasteiger partial charge in [-0.05, 0) is 29.8 Å². The molecule has 8 nitrogen and oxygen atoms in total. The number of aromatic nitrogens is 4. The Labute approximate surface area is 166 Å². The molecule has 3 aromatic rings. The summed E-state index contributed by atoms with van der Waals surface area (Å²) in [5, 5.41) is 9.69. The van der Waals surface area contributed by atoms with Crippen molar-refractivity contribution >= 4 is 6.08 Å². The van der Waals surface area contributed by atoms with E-state index in [1.54, 1.807) is 30.6 Å². The number of aromatic amines is 1. The maximum absolute atomic E-state index is 12.7. The first-order chi connectivity index (χ1) is 14.2. The van der Waals surface area contributed by atoms with Crippen molar-refractivity contribution in [3.63, 3.8) is 0 Å². The first-order valence-electron chi connectivity index (χ1n) is 9.41. The van der Waals surface area contributed by atoms with Crippen LogP contribution in [0.3, 0.4) is 0 Å². The van der Waals surface area contributed by atoms with Crippen LogP contribution in [0.2, 0.25) is 0 Å². The molecule has 29 heavy (non-hydrogen) atoms. The van der Waals surface area contributed by atoms with Crippen LogP contribution in [0.1, 0.15) is 16.8 Å². The third-order valence-corrected chi connectivity index (χ3v) is 5.17. The maximum atomic E-state index is 12.7. The van der Waals surface area contributed by atoms with E-state index in [1.165, 1.54) is 6.33 Å². The van der Waals surface area contributed by atoms with Crippen molar-refractivity contribution in [2.45, 2.75) is 13.0 Å². The lowest BCUT2D eigenvalue weighted by molar-refractivity contribution is 0.254. The van der Waals surface area contributed by atoms with Gasteiger partial charge in [0.05, 0.1) is 16.8 Å². The Morgan fingerprint density at radius 3 is 2.97 bits per heavy atom. The van der Waals surface area contributed by atoms with Crippen LogP contribution in [0.4, 0.5) is 0 Å². The van der Waals surface area contributed by atoms with Gasteiger partial charge < -0.3 is 14.8 Å². The molecule has 4 heterocycles.